The van der Waals surface area contributed by atoms with Crippen molar-refractivity contribution in [3.05, 3.63) is 64.5 Å². The van der Waals surface area contributed by atoms with Crippen molar-refractivity contribution >= 4 is 17.9 Å². The number of nitrogens with zero attached hydrogens (tertiary/aromatic N) is 1. The van der Waals surface area contributed by atoms with Crippen LogP contribution in [0.5, 0.6) is 5.75 Å². The lowest BCUT2D eigenvalue weighted by molar-refractivity contribution is -0.177. The van der Waals surface area contributed by atoms with Crippen LogP contribution < -0.4 is 4.74 Å². The smallest absolute Gasteiger partial charge is 0.355 e. The van der Waals surface area contributed by atoms with E-state index in [0.29, 0.717) is 11.1 Å². The van der Waals surface area contributed by atoms with Gasteiger partial charge >= 0.3 is 17.9 Å². The molecule has 29 heavy (non-hydrogen) atoms. The van der Waals surface area contributed by atoms with E-state index in [1.165, 1.54) is 19.1 Å². The third kappa shape index (κ3) is 2.52. The molecule has 0 saturated heterocycles. The average Bonchev–Trinajstić information content (AvgIpc) is 2.97. The Morgan fingerprint density at radius 3 is 2.52 bits per heavy atom. The summed E-state index contributed by atoms with van der Waals surface area (Å²) in [7, 11) is 2.36. The van der Waals surface area contributed by atoms with Gasteiger partial charge in [-0.2, -0.15) is 0 Å². The first-order valence-corrected chi connectivity index (χ1v) is 8.91. The summed E-state index contributed by atoms with van der Waals surface area (Å²) in [6.07, 6.45) is 5.78. The summed E-state index contributed by atoms with van der Waals surface area (Å²) in [5, 5.41) is 0. The molecule has 0 fully saturated rings. The van der Waals surface area contributed by atoms with Crippen LogP contribution >= 0.6 is 0 Å². The van der Waals surface area contributed by atoms with E-state index in [0.717, 1.165) is 5.56 Å². The van der Waals surface area contributed by atoms with Crippen molar-refractivity contribution < 1.29 is 33.3 Å². The summed E-state index contributed by atoms with van der Waals surface area (Å²) < 4.78 is 21.6. The maximum absolute atomic E-state index is 13.2. The molecule has 2 atom stereocenters. The predicted molar refractivity (Wildman–Crippen MR) is 99.3 cm³/mol. The minimum atomic E-state index is -1.96. The van der Waals surface area contributed by atoms with Crippen LogP contribution in [-0.4, -0.2) is 43.3 Å². The van der Waals surface area contributed by atoms with Gasteiger partial charge in [0, 0.05) is 11.8 Å². The summed E-state index contributed by atoms with van der Waals surface area (Å²) in [6, 6.07) is 3.54. The Labute approximate surface area is 167 Å². The number of carbonyl (C=O) groups is 3. The lowest BCUT2D eigenvalue weighted by atomic mass is 9.81. The van der Waals surface area contributed by atoms with Crippen LogP contribution in [0.1, 0.15) is 16.7 Å². The largest absolute Gasteiger partial charge is 0.465 e. The first-order chi connectivity index (χ1) is 13.8. The number of carbonyl (C=O) groups excluding carboxylic acids is 3. The molecule has 0 aromatic heterocycles. The van der Waals surface area contributed by atoms with Crippen molar-refractivity contribution in [2.45, 2.75) is 25.7 Å². The summed E-state index contributed by atoms with van der Waals surface area (Å²) in [5.41, 5.74) is -0.446. The molecule has 8 heteroatoms. The normalized spacial score (nSPS) is 24.3. The topological polar surface area (TPSA) is 91.4 Å². The molecule has 0 aliphatic carbocycles. The van der Waals surface area contributed by atoms with Crippen LogP contribution in [0, 0.1) is 13.8 Å². The third-order valence-electron chi connectivity index (χ3n) is 5.11. The molecule has 8 nitrogen and oxygen atoms in total. The molecule has 0 bridgehead atoms. The fourth-order valence-electron chi connectivity index (χ4n) is 4.03. The summed E-state index contributed by atoms with van der Waals surface area (Å²) in [5.74, 6) is -2.23. The molecular formula is C21H19NO7. The van der Waals surface area contributed by atoms with Crippen LogP contribution in [-0.2, 0) is 34.2 Å². The highest BCUT2D eigenvalue weighted by Crippen LogP contribution is 2.52. The van der Waals surface area contributed by atoms with Crippen LogP contribution in [0.15, 0.2) is 47.8 Å². The third-order valence-corrected chi connectivity index (χ3v) is 5.11. The SMILES string of the molecule is COC(=O)C1=C(C(=O)OC)[C@]2(O[C@H]3C=CC=CN13)C(=O)Oc1cc(C)cc(C)c12. The molecule has 3 heterocycles. The van der Waals surface area contributed by atoms with Crippen molar-refractivity contribution in [2.24, 2.45) is 0 Å². The van der Waals surface area contributed by atoms with Crippen molar-refractivity contribution in [1.82, 2.24) is 4.90 Å². The highest BCUT2D eigenvalue weighted by Gasteiger charge is 2.63. The summed E-state index contributed by atoms with van der Waals surface area (Å²) in [4.78, 5) is 40.3. The molecule has 1 aromatic rings. The zero-order valence-corrected chi connectivity index (χ0v) is 16.3. The lowest BCUT2D eigenvalue weighted by Crippen LogP contribution is -2.55. The Balaban J connectivity index is 2.11. The number of aryl methyl sites for hydroxylation is 2. The number of methoxy groups -OCH3 is 2. The van der Waals surface area contributed by atoms with Gasteiger partial charge in [0.15, 0.2) is 6.23 Å². The van der Waals surface area contributed by atoms with E-state index in [1.54, 1.807) is 37.4 Å². The first kappa shape index (κ1) is 18.9. The molecule has 0 saturated carbocycles. The highest BCUT2D eigenvalue weighted by molar-refractivity contribution is 6.09. The van der Waals surface area contributed by atoms with Gasteiger partial charge in [-0.25, -0.2) is 14.4 Å². The van der Waals surface area contributed by atoms with E-state index in [1.807, 2.05) is 13.0 Å². The Kier molecular flexibility index (Phi) is 4.31. The van der Waals surface area contributed by atoms with Crippen molar-refractivity contribution in [2.75, 3.05) is 14.2 Å². The summed E-state index contributed by atoms with van der Waals surface area (Å²) >= 11 is 0. The fraction of sp³-hybridized carbons (Fsp3) is 0.286. The number of benzene rings is 1. The Morgan fingerprint density at radius 2 is 1.83 bits per heavy atom. The number of rotatable bonds is 2. The van der Waals surface area contributed by atoms with Gasteiger partial charge in [-0.05, 0) is 43.2 Å². The quantitative estimate of drug-likeness (QED) is 0.551. The Hall–Kier alpha value is -3.39. The Bertz CT molecular complexity index is 1040. The van der Waals surface area contributed by atoms with E-state index in [2.05, 4.69) is 0 Å². The molecule has 1 aromatic carbocycles. The zero-order chi connectivity index (χ0) is 20.9. The summed E-state index contributed by atoms with van der Waals surface area (Å²) in [6.45, 7) is 3.65. The first-order valence-electron chi connectivity index (χ1n) is 8.91. The van der Waals surface area contributed by atoms with Gasteiger partial charge in [-0.3, -0.25) is 0 Å². The van der Waals surface area contributed by atoms with Gasteiger partial charge in [0.25, 0.3) is 0 Å². The van der Waals surface area contributed by atoms with Crippen LogP contribution in [0.3, 0.4) is 0 Å². The number of hydrogen-bond donors (Lipinski definition) is 0. The van der Waals surface area contributed by atoms with Gasteiger partial charge in [0.05, 0.1) is 14.2 Å². The van der Waals surface area contributed by atoms with Gasteiger partial charge in [-0.1, -0.05) is 12.1 Å². The van der Waals surface area contributed by atoms with Crippen molar-refractivity contribution in [3.63, 3.8) is 0 Å². The maximum Gasteiger partial charge on any atom is 0.355 e. The molecular weight excluding hydrogens is 378 g/mol. The second-order valence-electron chi connectivity index (χ2n) is 6.87. The lowest BCUT2D eigenvalue weighted by Gasteiger charge is -2.43. The molecule has 3 aliphatic heterocycles. The van der Waals surface area contributed by atoms with E-state index in [4.69, 9.17) is 18.9 Å². The monoisotopic (exact) mass is 397 g/mol. The standard InChI is InChI=1S/C21H19NO7/c1-11-9-12(2)15-13(10-11)28-20(25)21(15)16(18(23)26-3)17(19(24)27-4)22-8-6-5-7-14(22)29-21/h5-10,14H,1-4H3/t14-,21-/m0/s1. The molecule has 0 unspecified atom stereocenters. The van der Waals surface area contributed by atoms with Crippen LogP contribution in [0.4, 0.5) is 0 Å². The highest BCUT2D eigenvalue weighted by atomic mass is 16.6. The molecule has 0 radical (unpaired) electrons. The molecule has 0 N–H and O–H groups in total. The van der Waals surface area contributed by atoms with Crippen molar-refractivity contribution in [3.8, 4) is 5.75 Å². The van der Waals surface area contributed by atoms with Crippen molar-refractivity contribution in [1.29, 1.82) is 0 Å². The molecule has 0 amide bonds. The number of esters is 3. The van der Waals surface area contributed by atoms with Crippen LogP contribution in [0.25, 0.3) is 0 Å². The number of ether oxygens (including phenoxy) is 4. The number of hydrogen-bond acceptors (Lipinski definition) is 8. The van der Waals surface area contributed by atoms with Gasteiger partial charge in [0.2, 0.25) is 5.60 Å². The second kappa shape index (κ2) is 6.59. The van der Waals surface area contributed by atoms with E-state index in [9.17, 15) is 14.4 Å². The maximum atomic E-state index is 13.2. The minimum absolute atomic E-state index is 0.138. The number of fused-ring (bicyclic) bond motifs is 3. The molecule has 150 valence electrons. The van der Waals surface area contributed by atoms with E-state index >= 15 is 0 Å². The number of allylic oxidation sites excluding steroid dienone is 2. The van der Waals surface area contributed by atoms with Crippen LogP contribution in [0.2, 0.25) is 0 Å². The van der Waals surface area contributed by atoms with E-state index < -0.39 is 29.7 Å². The van der Waals surface area contributed by atoms with Gasteiger partial charge < -0.3 is 23.8 Å². The molecule has 3 aliphatic rings. The zero-order valence-electron chi connectivity index (χ0n) is 16.3. The second-order valence-corrected chi connectivity index (χ2v) is 6.87. The van der Waals surface area contributed by atoms with Gasteiger partial charge in [-0.15, -0.1) is 0 Å². The van der Waals surface area contributed by atoms with E-state index in [-0.39, 0.29) is 17.0 Å². The Morgan fingerprint density at radius 1 is 1.10 bits per heavy atom. The fourth-order valence-corrected chi connectivity index (χ4v) is 4.03. The molecule has 1 spiro atoms. The average molecular weight is 397 g/mol. The minimum Gasteiger partial charge on any atom is -0.465 e. The predicted octanol–water partition coefficient (Wildman–Crippen LogP) is 1.76. The van der Waals surface area contributed by atoms with Gasteiger partial charge in [0.1, 0.15) is 17.0 Å². The molecule has 4 rings (SSSR count).